The summed E-state index contributed by atoms with van der Waals surface area (Å²) >= 11 is 7.23. The van der Waals surface area contributed by atoms with Gasteiger partial charge in [0.2, 0.25) is 0 Å². The van der Waals surface area contributed by atoms with Crippen LogP contribution >= 0.6 is 22.9 Å². The number of aromatic nitrogens is 2. The lowest BCUT2D eigenvalue weighted by Crippen LogP contribution is -2.36. The van der Waals surface area contributed by atoms with Gasteiger partial charge in [-0.1, -0.05) is 17.7 Å². The number of hydrogen-bond acceptors (Lipinski definition) is 6. The summed E-state index contributed by atoms with van der Waals surface area (Å²) in [5.74, 6) is -0.252. The minimum Gasteiger partial charge on any atom is -0.383 e. The summed E-state index contributed by atoms with van der Waals surface area (Å²) in [5.41, 5.74) is 1.87. The Balaban J connectivity index is 1.56. The molecule has 0 aliphatic rings. The lowest BCUT2D eigenvalue weighted by Gasteiger charge is -2.21. The molecule has 3 aromatic rings. The molecule has 168 valence electrons. The normalized spacial score (nSPS) is 10.6. The molecule has 0 aliphatic heterocycles. The lowest BCUT2D eigenvalue weighted by molar-refractivity contribution is 0.0949. The lowest BCUT2D eigenvalue weighted by atomic mass is 10.2. The number of carbonyl (C=O) groups excluding carboxylic acids is 2. The van der Waals surface area contributed by atoms with Crippen molar-refractivity contribution in [2.75, 3.05) is 32.1 Å². The molecule has 0 saturated heterocycles. The largest absolute Gasteiger partial charge is 0.383 e. The van der Waals surface area contributed by atoms with E-state index in [9.17, 15) is 9.59 Å². The molecule has 0 unspecified atom stereocenters. The first-order chi connectivity index (χ1) is 15.5. The van der Waals surface area contributed by atoms with Gasteiger partial charge in [0, 0.05) is 54.6 Å². The number of ether oxygens (including phenoxy) is 1. The molecule has 2 N–H and O–H groups in total. The third kappa shape index (κ3) is 7.30. The highest BCUT2D eigenvalue weighted by Crippen LogP contribution is 2.16. The van der Waals surface area contributed by atoms with Crippen molar-refractivity contribution in [2.45, 2.75) is 13.0 Å². The van der Waals surface area contributed by atoms with E-state index in [0.717, 1.165) is 5.69 Å². The van der Waals surface area contributed by atoms with Gasteiger partial charge in [-0.15, -0.1) is 11.3 Å². The van der Waals surface area contributed by atoms with E-state index >= 15 is 0 Å². The molecule has 3 amide bonds. The van der Waals surface area contributed by atoms with Gasteiger partial charge in [0.15, 0.2) is 0 Å². The van der Waals surface area contributed by atoms with Gasteiger partial charge in [-0.3, -0.25) is 9.78 Å². The van der Waals surface area contributed by atoms with E-state index in [4.69, 9.17) is 16.3 Å². The smallest absolute Gasteiger partial charge is 0.322 e. The zero-order chi connectivity index (χ0) is 22.8. The number of pyridine rings is 1. The Morgan fingerprint density at radius 1 is 1.19 bits per heavy atom. The second-order valence-corrected chi connectivity index (χ2v) is 8.18. The Hall–Kier alpha value is -3.01. The summed E-state index contributed by atoms with van der Waals surface area (Å²) in [6, 6.07) is 12.3. The molecular weight excluding hydrogens is 450 g/mol. The number of thiazole rings is 1. The predicted molar refractivity (Wildman–Crippen MR) is 125 cm³/mol. The Bertz CT molecular complexity index is 1010. The molecule has 1 aromatic carbocycles. The van der Waals surface area contributed by atoms with Crippen molar-refractivity contribution in [2.24, 2.45) is 0 Å². The van der Waals surface area contributed by atoms with Crippen molar-refractivity contribution in [3.63, 3.8) is 0 Å². The number of benzene rings is 1. The van der Waals surface area contributed by atoms with Crippen LogP contribution in [0.25, 0.3) is 0 Å². The fourth-order valence-electron chi connectivity index (χ4n) is 2.78. The minimum absolute atomic E-state index is 0.252. The second kappa shape index (κ2) is 12.1. The molecule has 3 rings (SSSR count). The number of nitrogens with zero attached hydrogens (tertiary/aromatic N) is 3. The topological polar surface area (TPSA) is 96.4 Å². The maximum absolute atomic E-state index is 12.7. The van der Waals surface area contributed by atoms with E-state index in [2.05, 4.69) is 20.6 Å². The number of carbonyl (C=O) groups is 2. The van der Waals surface area contributed by atoms with Crippen LogP contribution in [0.5, 0.6) is 0 Å². The standard InChI is InChI=1S/C22H24ClN5O3S/c1-31-13-12-28(22(30)26-18-7-5-16(23)6-8-18)14-20-27-19(15-32-20)21(29)25-11-9-17-4-2-3-10-24-17/h2-8,10,15H,9,11-14H2,1H3,(H,25,29)(H,26,30). The Morgan fingerprint density at radius 2 is 2.00 bits per heavy atom. The van der Waals surface area contributed by atoms with E-state index in [-0.39, 0.29) is 18.5 Å². The molecule has 0 spiro atoms. The minimum atomic E-state index is -0.291. The van der Waals surface area contributed by atoms with Gasteiger partial charge in [0.05, 0.1) is 13.2 Å². The van der Waals surface area contributed by atoms with Crippen LogP contribution in [0.2, 0.25) is 5.02 Å². The highest BCUT2D eigenvalue weighted by Gasteiger charge is 2.18. The first-order valence-corrected chi connectivity index (χ1v) is 11.2. The van der Waals surface area contributed by atoms with E-state index in [0.29, 0.717) is 47.5 Å². The highest BCUT2D eigenvalue weighted by molar-refractivity contribution is 7.09. The zero-order valence-corrected chi connectivity index (χ0v) is 19.2. The fraction of sp³-hybridized carbons (Fsp3) is 0.273. The van der Waals surface area contributed by atoms with Crippen LogP contribution < -0.4 is 10.6 Å². The molecule has 2 aromatic heterocycles. The van der Waals surface area contributed by atoms with Gasteiger partial charge in [0.25, 0.3) is 5.91 Å². The predicted octanol–water partition coefficient (Wildman–Crippen LogP) is 3.84. The Kier molecular flexibility index (Phi) is 8.97. The van der Waals surface area contributed by atoms with Gasteiger partial charge >= 0.3 is 6.03 Å². The van der Waals surface area contributed by atoms with Crippen LogP contribution in [-0.2, 0) is 17.7 Å². The quantitative estimate of drug-likeness (QED) is 0.466. The van der Waals surface area contributed by atoms with Crippen LogP contribution in [0.4, 0.5) is 10.5 Å². The fourth-order valence-corrected chi connectivity index (χ4v) is 3.70. The van der Waals surface area contributed by atoms with Gasteiger partial charge in [0.1, 0.15) is 10.7 Å². The molecule has 8 nitrogen and oxygen atoms in total. The van der Waals surface area contributed by atoms with Crippen LogP contribution in [-0.4, -0.2) is 53.6 Å². The number of methoxy groups -OCH3 is 1. The molecule has 32 heavy (non-hydrogen) atoms. The van der Waals surface area contributed by atoms with E-state index in [1.165, 1.54) is 11.3 Å². The van der Waals surface area contributed by atoms with E-state index in [1.807, 2.05) is 18.2 Å². The van der Waals surface area contributed by atoms with Crippen LogP contribution in [0.15, 0.2) is 54.0 Å². The molecule has 0 fully saturated rings. The van der Waals surface area contributed by atoms with Crippen molar-refractivity contribution in [3.05, 3.63) is 75.5 Å². The number of anilines is 1. The summed E-state index contributed by atoms with van der Waals surface area (Å²) in [5, 5.41) is 8.62. The molecule has 0 aliphatic carbocycles. The molecule has 0 radical (unpaired) electrons. The number of rotatable bonds is 10. The van der Waals surface area contributed by atoms with E-state index < -0.39 is 0 Å². The molecule has 0 saturated carbocycles. The number of nitrogens with one attached hydrogen (secondary N) is 2. The van der Waals surface area contributed by atoms with Gasteiger partial charge < -0.3 is 20.3 Å². The third-order valence-corrected chi connectivity index (χ3v) is 5.54. The van der Waals surface area contributed by atoms with E-state index in [1.54, 1.807) is 47.9 Å². The maximum atomic E-state index is 12.7. The first kappa shape index (κ1) is 23.6. The van der Waals surface area contributed by atoms with Gasteiger partial charge in [-0.05, 0) is 36.4 Å². The third-order valence-electron chi connectivity index (χ3n) is 4.45. The monoisotopic (exact) mass is 473 g/mol. The molecule has 0 bridgehead atoms. The molecular formula is C22H24ClN5O3S. The van der Waals surface area contributed by atoms with Crippen LogP contribution in [0.1, 0.15) is 21.2 Å². The summed E-state index contributed by atoms with van der Waals surface area (Å²) in [6.07, 6.45) is 2.36. The maximum Gasteiger partial charge on any atom is 0.322 e. The number of urea groups is 1. The number of amides is 3. The molecule has 10 heteroatoms. The van der Waals surface area contributed by atoms with Crippen LogP contribution in [0, 0.1) is 0 Å². The van der Waals surface area contributed by atoms with Gasteiger partial charge in [-0.25, -0.2) is 9.78 Å². The average Bonchev–Trinajstić information content (AvgIpc) is 3.27. The van der Waals surface area contributed by atoms with Crippen molar-refractivity contribution in [1.82, 2.24) is 20.2 Å². The summed E-state index contributed by atoms with van der Waals surface area (Å²) in [6.45, 7) is 1.47. The molecule has 0 atom stereocenters. The van der Waals surface area contributed by atoms with Crippen molar-refractivity contribution in [1.29, 1.82) is 0 Å². The average molecular weight is 474 g/mol. The number of halogens is 1. The Morgan fingerprint density at radius 3 is 2.72 bits per heavy atom. The Labute approximate surface area is 195 Å². The summed E-state index contributed by atoms with van der Waals surface area (Å²) < 4.78 is 5.12. The summed E-state index contributed by atoms with van der Waals surface area (Å²) in [4.78, 5) is 35.4. The number of hydrogen-bond donors (Lipinski definition) is 2. The van der Waals surface area contributed by atoms with Crippen LogP contribution in [0.3, 0.4) is 0 Å². The van der Waals surface area contributed by atoms with Crippen molar-refractivity contribution in [3.8, 4) is 0 Å². The SMILES string of the molecule is COCCN(Cc1nc(C(=O)NCCc2ccccn2)cs1)C(=O)Nc1ccc(Cl)cc1. The van der Waals surface area contributed by atoms with Crippen molar-refractivity contribution >= 4 is 40.6 Å². The first-order valence-electron chi connectivity index (χ1n) is 9.98. The second-order valence-electron chi connectivity index (χ2n) is 6.80. The molecule has 2 heterocycles. The summed E-state index contributed by atoms with van der Waals surface area (Å²) in [7, 11) is 1.58. The highest BCUT2D eigenvalue weighted by atomic mass is 35.5. The van der Waals surface area contributed by atoms with Gasteiger partial charge in [-0.2, -0.15) is 0 Å². The van der Waals surface area contributed by atoms with Crippen molar-refractivity contribution < 1.29 is 14.3 Å². The zero-order valence-electron chi connectivity index (χ0n) is 17.6.